The van der Waals surface area contributed by atoms with Crippen LogP contribution in [0.25, 0.3) is 0 Å². The maximum Gasteiger partial charge on any atom is 0.0894 e. The Morgan fingerprint density at radius 3 is 2.64 bits per heavy atom. The molecule has 1 unspecified atom stereocenters. The molecule has 0 N–H and O–H groups in total. The van der Waals surface area contributed by atoms with E-state index >= 15 is 0 Å². The number of rotatable bonds is 8. The first-order valence-electron chi connectivity index (χ1n) is 5.33. The fourth-order valence-corrected chi connectivity index (χ4v) is 1.61. The summed E-state index contributed by atoms with van der Waals surface area (Å²) >= 11 is 0. The lowest BCUT2D eigenvalue weighted by molar-refractivity contribution is 0.174. The molecule has 0 amide bonds. The summed E-state index contributed by atoms with van der Waals surface area (Å²) in [6, 6.07) is 0. The van der Waals surface area contributed by atoms with Crippen molar-refractivity contribution >= 4 is 0 Å². The van der Waals surface area contributed by atoms with E-state index in [9.17, 15) is 9.50 Å². The zero-order chi connectivity index (χ0) is 10.8. The molecule has 1 nitrogen and oxygen atoms in total. The van der Waals surface area contributed by atoms with Gasteiger partial charge in [0.05, 0.1) is 13.3 Å². The molecule has 0 aromatic carbocycles. The minimum atomic E-state index is -0.261. The van der Waals surface area contributed by atoms with Gasteiger partial charge in [0.1, 0.15) is 0 Å². The van der Waals surface area contributed by atoms with Gasteiger partial charge in [0.2, 0.25) is 0 Å². The largest absolute Gasteiger partial charge is 0.251 e. The molecule has 0 saturated heterocycles. The Hall–Kier alpha value is -0.590. The average Bonchev–Trinajstić information content (AvgIpc) is 2.22. The van der Waals surface area contributed by atoms with E-state index in [1.165, 1.54) is 0 Å². The van der Waals surface area contributed by atoms with Crippen LogP contribution in [0.1, 0.15) is 39.0 Å². The molecule has 0 aliphatic heterocycles. The van der Waals surface area contributed by atoms with Gasteiger partial charge in [0.25, 0.3) is 0 Å². The van der Waals surface area contributed by atoms with Gasteiger partial charge in [-0.25, -0.2) is 5.11 Å². The number of allylic oxidation sites excluding steroid dienone is 1. The summed E-state index contributed by atoms with van der Waals surface area (Å²) in [5.74, 6) is 0.310. The molecule has 0 aliphatic rings. The second-order valence-corrected chi connectivity index (χ2v) is 3.45. The Morgan fingerprint density at radius 2 is 2.21 bits per heavy atom. The van der Waals surface area contributed by atoms with Crippen molar-refractivity contribution in [1.82, 2.24) is 0 Å². The van der Waals surface area contributed by atoms with Gasteiger partial charge in [-0.05, 0) is 43.6 Å². The van der Waals surface area contributed by atoms with Crippen LogP contribution in [0.5, 0.6) is 0 Å². The number of alkyl halides is 1. The molecule has 81 valence electrons. The first kappa shape index (κ1) is 13.4. The van der Waals surface area contributed by atoms with Crippen LogP contribution in [0.4, 0.5) is 4.39 Å². The lowest BCUT2D eigenvalue weighted by atomic mass is 9.90. The van der Waals surface area contributed by atoms with Crippen molar-refractivity contribution in [1.29, 1.82) is 0 Å². The Bertz CT molecular complexity index is 183. The van der Waals surface area contributed by atoms with Gasteiger partial charge in [-0.2, -0.15) is 0 Å². The normalized spacial score (nSPS) is 12.2. The van der Waals surface area contributed by atoms with Crippen molar-refractivity contribution in [2.24, 2.45) is 5.92 Å². The monoisotopic (exact) mass is 199 g/mol. The highest BCUT2D eigenvalue weighted by atomic mass is 19.1. The summed E-state index contributed by atoms with van der Waals surface area (Å²) in [4.78, 5) is 0. The second kappa shape index (κ2) is 8.98. The minimum Gasteiger partial charge on any atom is -0.251 e. The first-order valence-corrected chi connectivity index (χ1v) is 5.33. The molecule has 0 heterocycles. The highest BCUT2D eigenvalue weighted by Crippen LogP contribution is 2.22. The maximum atomic E-state index is 11.9. The smallest absolute Gasteiger partial charge is 0.0894 e. The number of unbranched alkanes of at least 4 members (excludes halogenated alkanes) is 1. The summed E-state index contributed by atoms with van der Waals surface area (Å²) in [7, 11) is 0. The summed E-state index contributed by atoms with van der Waals surface area (Å²) in [5.41, 5.74) is 4.01. The summed E-state index contributed by atoms with van der Waals surface area (Å²) in [6.07, 6.45) is 3.88. The molecule has 0 spiro atoms. The van der Waals surface area contributed by atoms with Gasteiger partial charge in [-0.15, -0.1) is 5.73 Å². The van der Waals surface area contributed by atoms with E-state index in [-0.39, 0.29) is 13.3 Å². The van der Waals surface area contributed by atoms with Crippen molar-refractivity contribution < 1.29 is 9.50 Å². The van der Waals surface area contributed by atoms with Crippen molar-refractivity contribution in [3.05, 3.63) is 17.9 Å². The van der Waals surface area contributed by atoms with Crippen LogP contribution >= 0.6 is 0 Å². The van der Waals surface area contributed by atoms with E-state index in [2.05, 4.69) is 19.2 Å². The standard InChI is InChI=1S/C12H20FO/c1-3-11(7-5-6-9-13)12(4-2)8-10-14/h12H,1,4-10H2,2H3. The molecule has 0 aliphatic carbocycles. The van der Waals surface area contributed by atoms with Gasteiger partial charge in [0, 0.05) is 0 Å². The van der Waals surface area contributed by atoms with Crippen LogP contribution in [0, 0.1) is 5.92 Å². The van der Waals surface area contributed by atoms with E-state index in [4.69, 9.17) is 0 Å². The van der Waals surface area contributed by atoms with Crippen LogP contribution in [0.3, 0.4) is 0 Å². The van der Waals surface area contributed by atoms with Gasteiger partial charge >= 0.3 is 0 Å². The van der Waals surface area contributed by atoms with Crippen LogP contribution in [0.2, 0.25) is 0 Å². The van der Waals surface area contributed by atoms with Gasteiger partial charge in [-0.3, -0.25) is 4.39 Å². The molecule has 0 aromatic rings. The lowest BCUT2D eigenvalue weighted by Crippen LogP contribution is -2.04. The Labute approximate surface area is 86.3 Å². The third-order valence-electron chi connectivity index (χ3n) is 2.51. The highest BCUT2D eigenvalue weighted by Gasteiger charge is 2.11. The van der Waals surface area contributed by atoms with Crippen molar-refractivity contribution in [3.8, 4) is 0 Å². The zero-order valence-corrected chi connectivity index (χ0v) is 9.02. The third-order valence-corrected chi connectivity index (χ3v) is 2.51. The van der Waals surface area contributed by atoms with E-state index in [1.807, 2.05) is 0 Å². The molecule has 0 saturated carbocycles. The number of hydrogen-bond donors (Lipinski definition) is 0. The van der Waals surface area contributed by atoms with Gasteiger partial charge in [0.15, 0.2) is 0 Å². The van der Waals surface area contributed by atoms with Crippen LogP contribution in [-0.2, 0) is 5.11 Å². The maximum absolute atomic E-state index is 11.9. The van der Waals surface area contributed by atoms with E-state index in [0.29, 0.717) is 18.8 Å². The molecule has 1 atom stereocenters. The quantitative estimate of drug-likeness (QED) is 0.420. The molecule has 0 aromatic heterocycles. The fraction of sp³-hybridized carbons (Fsp3) is 0.750. The van der Waals surface area contributed by atoms with Crippen molar-refractivity contribution in [3.63, 3.8) is 0 Å². The molecule has 0 fully saturated rings. The average molecular weight is 199 g/mol. The van der Waals surface area contributed by atoms with E-state index in [1.54, 1.807) is 0 Å². The SMILES string of the molecule is C=C=C(CCCCF)C(CC)CC[O]. The molecule has 2 heteroatoms. The van der Waals surface area contributed by atoms with Crippen molar-refractivity contribution in [2.45, 2.75) is 39.0 Å². The minimum absolute atomic E-state index is 0.0488. The summed E-state index contributed by atoms with van der Waals surface area (Å²) in [5, 5.41) is 10.5. The predicted molar refractivity (Wildman–Crippen MR) is 56.4 cm³/mol. The third kappa shape index (κ3) is 5.21. The molecular formula is C12H20FO. The van der Waals surface area contributed by atoms with Gasteiger partial charge in [-0.1, -0.05) is 13.5 Å². The predicted octanol–water partition coefficient (Wildman–Crippen LogP) is 3.68. The lowest BCUT2D eigenvalue weighted by Gasteiger charge is -2.15. The molecule has 0 rings (SSSR count). The van der Waals surface area contributed by atoms with Crippen molar-refractivity contribution in [2.75, 3.05) is 13.3 Å². The van der Waals surface area contributed by atoms with E-state index < -0.39 is 0 Å². The number of hydrogen-bond acceptors (Lipinski definition) is 0. The van der Waals surface area contributed by atoms with Gasteiger partial charge < -0.3 is 0 Å². The molecule has 0 bridgehead atoms. The van der Waals surface area contributed by atoms with E-state index in [0.717, 1.165) is 24.8 Å². The zero-order valence-electron chi connectivity index (χ0n) is 9.02. The second-order valence-electron chi connectivity index (χ2n) is 3.45. The fourth-order valence-electron chi connectivity index (χ4n) is 1.61. The Balaban J connectivity index is 4.03. The number of halogens is 1. The topological polar surface area (TPSA) is 19.9 Å². The first-order chi connectivity index (χ1) is 6.79. The molecule has 1 radical (unpaired) electrons. The van der Waals surface area contributed by atoms with Crippen LogP contribution < -0.4 is 0 Å². The Morgan fingerprint density at radius 1 is 1.50 bits per heavy atom. The van der Waals surface area contributed by atoms with Crippen LogP contribution in [0.15, 0.2) is 17.9 Å². The highest BCUT2D eigenvalue weighted by molar-refractivity contribution is 5.04. The molecular weight excluding hydrogens is 179 g/mol. The summed E-state index contributed by atoms with van der Waals surface area (Å²) in [6.45, 7) is 5.39. The molecule has 14 heavy (non-hydrogen) atoms. The summed E-state index contributed by atoms with van der Waals surface area (Å²) < 4.78 is 11.9. The van der Waals surface area contributed by atoms with Crippen LogP contribution in [-0.4, -0.2) is 13.3 Å². The Kier molecular flexibility index (Phi) is 8.61.